The van der Waals surface area contributed by atoms with Gasteiger partial charge >= 0.3 is 0 Å². The Morgan fingerprint density at radius 3 is 3.07 bits per heavy atom. The topological polar surface area (TPSA) is 47.8 Å². The van der Waals surface area contributed by atoms with Crippen molar-refractivity contribution in [1.82, 2.24) is 14.8 Å². The molecule has 0 saturated heterocycles. The van der Waals surface area contributed by atoms with Crippen molar-refractivity contribution in [3.63, 3.8) is 0 Å². The third kappa shape index (κ3) is 1.45. The van der Waals surface area contributed by atoms with Crippen molar-refractivity contribution in [2.75, 3.05) is 0 Å². The maximum absolute atomic E-state index is 11.4. The average Bonchev–Trinajstić information content (AvgIpc) is 2.59. The Morgan fingerprint density at radius 1 is 1.64 bits per heavy atom. The number of nitrogens with zero attached hydrogens (tertiary/aromatic N) is 3. The summed E-state index contributed by atoms with van der Waals surface area (Å²) in [6.45, 7) is 3.66. The van der Waals surface area contributed by atoms with Gasteiger partial charge in [0.15, 0.2) is 11.6 Å². The van der Waals surface area contributed by atoms with Crippen molar-refractivity contribution in [2.45, 2.75) is 45.6 Å². The first-order valence-corrected chi connectivity index (χ1v) is 5.17. The van der Waals surface area contributed by atoms with E-state index in [0.29, 0.717) is 0 Å². The molecule has 1 aliphatic rings. The summed E-state index contributed by atoms with van der Waals surface area (Å²) in [7, 11) is 0. The third-order valence-electron chi connectivity index (χ3n) is 2.70. The molecule has 0 amide bonds. The first kappa shape index (κ1) is 9.37. The molecule has 0 N–H and O–H groups in total. The van der Waals surface area contributed by atoms with E-state index < -0.39 is 0 Å². The van der Waals surface area contributed by atoms with Gasteiger partial charge in [0.05, 0.1) is 0 Å². The summed E-state index contributed by atoms with van der Waals surface area (Å²) in [5, 5.41) is 4.36. The first-order chi connectivity index (χ1) is 6.72. The van der Waals surface area contributed by atoms with Crippen LogP contribution in [0.3, 0.4) is 0 Å². The number of ketones is 1. The molecule has 1 aromatic heterocycles. The molecule has 76 valence electrons. The van der Waals surface area contributed by atoms with Gasteiger partial charge in [-0.1, -0.05) is 6.92 Å². The fourth-order valence-electron chi connectivity index (χ4n) is 1.93. The van der Waals surface area contributed by atoms with Gasteiger partial charge in [-0.05, 0) is 19.8 Å². The van der Waals surface area contributed by atoms with Crippen LogP contribution < -0.4 is 0 Å². The fraction of sp³-hybridized carbons (Fsp3) is 0.700. The summed E-state index contributed by atoms with van der Waals surface area (Å²) in [6.07, 6.45) is 3.75. The number of fused-ring (bicyclic) bond motifs is 1. The molecule has 0 radical (unpaired) electrons. The molecule has 2 rings (SSSR count). The summed E-state index contributed by atoms with van der Waals surface area (Å²) < 4.78 is 1.82. The van der Waals surface area contributed by atoms with Gasteiger partial charge in [0.1, 0.15) is 11.9 Å². The molecule has 4 heteroatoms. The van der Waals surface area contributed by atoms with E-state index in [1.807, 2.05) is 11.6 Å². The van der Waals surface area contributed by atoms with E-state index in [0.717, 1.165) is 37.3 Å². The standard InChI is InChI=1S/C10H15N3O/c1-3-9-11-10-6-4-5-8(7(2)14)13(10)12-9/h8H,3-6H2,1-2H3. The summed E-state index contributed by atoms with van der Waals surface area (Å²) in [6, 6.07) is -0.0634. The lowest BCUT2D eigenvalue weighted by atomic mass is 10.0. The van der Waals surface area contributed by atoms with E-state index in [2.05, 4.69) is 10.1 Å². The van der Waals surface area contributed by atoms with Gasteiger partial charge in [-0.3, -0.25) is 4.79 Å². The molecule has 0 aliphatic carbocycles. The highest BCUT2D eigenvalue weighted by atomic mass is 16.1. The number of hydrogen-bond donors (Lipinski definition) is 0. The van der Waals surface area contributed by atoms with E-state index in [1.165, 1.54) is 0 Å². The number of hydrogen-bond acceptors (Lipinski definition) is 3. The molecule has 2 heterocycles. The summed E-state index contributed by atoms with van der Waals surface area (Å²) in [5.41, 5.74) is 0. The van der Waals surface area contributed by atoms with Crippen LogP contribution in [0.1, 0.15) is 44.4 Å². The van der Waals surface area contributed by atoms with Gasteiger partial charge in [-0.2, -0.15) is 5.10 Å². The second kappa shape index (κ2) is 3.52. The molecule has 0 fully saturated rings. The number of rotatable bonds is 2. The van der Waals surface area contributed by atoms with E-state index in [1.54, 1.807) is 6.92 Å². The zero-order chi connectivity index (χ0) is 10.1. The van der Waals surface area contributed by atoms with Crippen LogP contribution in [0.4, 0.5) is 0 Å². The van der Waals surface area contributed by atoms with Crippen LogP contribution in [0, 0.1) is 0 Å². The molecule has 1 unspecified atom stereocenters. The van der Waals surface area contributed by atoms with Gasteiger partial charge in [0.25, 0.3) is 0 Å². The lowest BCUT2D eigenvalue weighted by Gasteiger charge is -2.20. The Labute approximate surface area is 83.3 Å². The van der Waals surface area contributed by atoms with Crippen LogP contribution in [0.15, 0.2) is 0 Å². The SMILES string of the molecule is CCc1nc2n(n1)C(C(C)=O)CCC2. The predicted octanol–water partition coefficient (Wildman–Crippen LogP) is 1.31. The Balaban J connectivity index is 2.38. The molecule has 0 spiro atoms. The average molecular weight is 193 g/mol. The molecule has 1 atom stereocenters. The number of Topliss-reactive ketones (excluding diaryl/α,β-unsaturated/α-hetero) is 1. The largest absolute Gasteiger partial charge is 0.298 e. The monoisotopic (exact) mass is 193 g/mol. The lowest BCUT2D eigenvalue weighted by Crippen LogP contribution is -2.24. The molecule has 0 saturated carbocycles. The molecule has 0 aromatic carbocycles. The maximum Gasteiger partial charge on any atom is 0.154 e. The Bertz CT molecular complexity index is 356. The normalized spacial score (nSPS) is 20.6. The summed E-state index contributed by atoms with van der Waals surface area (Å²) in [4.78, 5) is 15.8. The molecule has 0 bridgehead atoms. The van der Waals surface area contributed by atoms with E-state index in [9.17, 15) is 4.79 Å². The second-order valence-corrected chi connectivity index (χ2v) is 3.76. The van der Waals surface area contributed by atoms with E-state index in [4.69, 9.17) is 0 Å². The fourth-order valence-corrected chi connectivity index (χ4v) is 1.93. The van der Waals surface area contributed by atoms with E-state index >= 15 is 0 Å². The first-order valence-electron chi connectivity index (χ1n) is 5.17. The van der Waals surface area contributed by atoms with Crippen LogP contribution in [-0.2, 0) is 17.6 Å². The molecular weight excluding hydrogens is 178 g/mol. The van der Waals surface area contributed by atoms with Crippen LogP contribution in [0.5, 0.6) is 0 Å². The van der Waals surface area contributed by atoms with Crippen molar-refractivity contribution < 1.29 is 4.79 Å². The summed E-state index contributed by atoms with van der Waals surface area (Å²) >= 11 is 0. The molecular formula is C10H15N3O. The van der Waals surface area contributed by atoms with Crippen molar-refractivity contribution in [2.24, 2.45) is 0 Å². The van der Waals surface area contributed by atoms with E-state index in [-0.39, 0.29) is 11.8 Å². The zero-order valence-corrected chi connectivity index (χ0v) is 8.66. The second-order valence-electron chi connectivity index (χ2n) is 3.76. The van der Waals surface area contributed by atoms with Crippen molar-refractivity contribution in [3.8, 4) is 0 Å². The Hall–Kier alpha value is -1.19. The van der Waals surface area contributed by atoms with Crippen LogP contribution >= 0.6 is 0 Å². The molecule has 1 aromatic rings. The minimum atomic E-state index is -0.0634. The smallest absolute Gasteiger partial charge is 0.154 e. The quantitative estimate of drug-likeness (QED) is 0.711. The van der Waals surface area contributed by atoms with Crippen molar-refractivity contribution in [3.05, 3.63) is 11.6 Å². The van der Waals surface area contributed by atoms with Crippen molar-refractivity contribution in [1.29, 1.82) is 0 Å². The highest BCUT2D eigenvalue weighted by molar-refractivity contribution is 5.79. The molecule has 1 aliphatic heterocycles. The number of aryl methyl sites for hydroxylation is 2. The minimum Gasteiger partial charge on any atom is -0.298 e. The van der Waals surface area contributed by atoms with Gasteiger partial charge < -0.3 is 0 Å². The highest BCUT2D eigenvalue weighted by Crippen LogP contribution is 2.23. The number of carbonyl (C=O) groups excluding carboxylic acids is 1. The van der Waals surface area contributed by atoms with Crippen LogP contribution in [0.2, 0.25) is 0 Å². The zero-order valence-electron chi connectivity index (χ0n) is 8.66. The maximum atomic E-state index is 11.4. The van der Waals surface area contributed by atoms with Crippen molar-refractivity contribution >= 4 is 5.78 Å². The predicted molar refractivity (Wildman–Crippen MR) is 52.1 cm³/mol. The van der Waals surface area contributed by atoms with Crippen LogP contribution in [-0.4, -0.2) is 20.5 Å². The van der Waals surface area contributed by atoms with Gasteiger partial charge in [0, 0.05) is 12.8 Å². The van der Waals surface area contributed by atoms with Gasteiger partial charge in [0.2, 0.25) is 0 Å². The Kier molecular flexibility index (Phi) is 2.35. The Morgan fingerprint density at radius 2 is 2.43 bits per heavy atom. The highest BCUT2D eigenvalue weighted by Gasteiger charge is 2.25. The molecule has 4 nitrogen and oxygen atoms in total. The molecule has 14 heavy (non-hydrogen) atoms. The minimum absolute atomic E-state index is 0.0634. The summed E-state index contributed by atoms with van der Waals surface area (Å²) in [5.74, 6) is 2.03. The third-order valence-corrected chi connectivity index (χ3v) is 2.70. The van der Waals surface area contributed by atoms with Gasteiger partial charge in [-0.15, -0.1) is 0 Å². The van der Waals surface area contributed by atoms with Crippen LogP contribution in [0.25, 0.3) is 0 Å². The number of carbonyl (C=O) groups is 1. The van der Waals surface area contributed by atoms with Gasteiger partial charge in [-0.25, -0.2) is 9.67 Å². The lowest BCUT2D eigenvalue weighted by molar-refractivity contribution is -0.120. The number of aromatic nitrogens is 3.